The van der Waals surface area contributed by atoms with Crippen LogP contribution in [0.5, 0.6) is 0 Å². The number of alkyl halides is 2. The molecule has 0 radical (unpaired) electrons. The molecular formula is C22H32BrFO2. The van der Waals surface area contributed by atoms with Gasteiger partial charge in [-0.1, -0.05) is 29.8 Å². The van der Waals surface area contributed by atoms with Crippen molar-refractivity contribution in [2.75, 3.05) is 5.33 Å². The van der Waals surface area contributed by atoms with Crippen molar-refractivity contribution >= 4 is 28.0 Å². The predicted molar refractivity (Wildman–Crippen MR) is 104 cm³/mol. The molecule has 4 fully saturated rings. The number of halogens is 2. The number of fused-ring (bicyclic) bond motifs is 5. The Bertz CT molecular complexity index is 609. The third kappa shape index (κ3) is 2.60. The van der Waals surface area contributed by atoms with E-state index in [0.29, 0.717) is 35.8 Å². The van der Waals surface area contributed by atoms with Crippen molar-refractivity contribution in [1.82, 2.24) is 0 Å². The molecule has 0 heterocycles. The van der Waals surface area contributed by atoms with Crippen molar-refractivity contribution in [1.29, 1.82) is 0 Å². The van der Waals surface area contributed by atoms with Crippen LogP contribution in [0.15, 0.2) is 0 Å². The van der Waals surface area contributed by atoms with Gasteiger partial charge in [0.2, 0.25) is 0 Å². The number of hydrogen-bond donors (Lipinski definition) is 0. The summed E-state index contributed by atoms with van der Waals surface area (Å²) in [6, 6.07) is 0. The highest BCUT2D eigenvalue weighted by Gasteiger charge is 2.63. The normalized spacial score (nSPS) is 53.3. The van der Waals surface area contributed by atoms with Gasteiger partial charge in [-0.3, -0.25) is 4.79 Å². The molecule has 4 saturated carbocycles. The van der Waals surface area contributed by atoms with Crippen molar-refractivity contribution in [2.45, 2.75) is 77.3 Å². The molecule has 4 heteroatoms. The fourth-order valence-corrected chi connectivity index (χ4v) is 8.15. The van der Waals surface area contributed by atoms with Gasteiger partial charge in [0.05, 0.1) is 5.33 Å². The highest BCUT2D eigenvalue weighted by atomic mass is 79.9. The van der Waals surface area contributed by atoms with E-state index >= 15 is 4.39 Å². The Balaban J connectivity index is 1.59. The summed E-state index contributed by atoms with van der Waals surface area (Å²) in [6.45, 7) is 4.32. The van der Waals surface area contributed by atoms with Gasteiger partial charge in [-0.2, -0.15) is 0 Å². The molecule has 146 valence electrons. The molecule has 4 aliphatic rings. The van der Waals surface area contributed by atoms with Gasteiger partial charge < -0.3 is 4.79 Å². The van der Waals surface area contributed by atoms with Crippen molar-refractivity contribution < 1.29 is 14.0 Å². The lowest BCUT2D eigenvalue weighted by Crippen LogP contribution is -2.58. The molecule has 4 aliphatic carbocycles. The summed E-state index contributed by atoms with van der Waals surface area (Å²) >= 11 is 3.37. The second-order valence-corrected chi connectivity index (χ2v) is 10.9. The zero-order chi connectivity index (χ0) is 18.7. The summed E-state index contributed by atoms with van der Waals surface area (Å²) in [5.41, 5.74) is -1.33. The molecule has 0 aromatic heterocycles. The molecule has 0 spiro atoms. The van der Waals surface area contributed by atoms with Crippen molar-refractivity contribution in [3.05, 3.63) is 0 Å². The molecule has 0 saturated heterocycles. The van der Waals surface area contributed by atoms with E-state index in [4.69, 9.17) is 0 Å². The smallest absolute Gasteiger partial charge is 0.147 e. The van der Waals surface area contributed by atoms with Crippen molar-refractivity contribution in [3.8, 4) is 0 Å². The minimum atomic E-state index is -1.08. The molecule has 2 nitrogen and oxygen atoms in total. The molecule has 0 aliphatic heterocycles. The predicted octanol–water partition coefficient (Wildman–Crippen LogP) is 5.52. The molecule has 0 amide bonds. The minimum absolute atomic E-state index is 0.0541. The van der Waals surface area contributed by atoms with E-state index in [2.05, 4.69) is 22.9 Å². The minimum Gasteiger partial charge on any atom is -0.303 e. The fourth-order valence-electron chi connectivity index (χ4n) is 7.75. The first-order valence-corrected chi connectivity index (χ1v) is 11.6. The summed E-state index contributed by atoms with van der Waals surface area (Å²) in [5, 5.41) is 0.452. The third-order valence-electron chi connectivity index (χ3n) is 9.18. The maximum atomic E-state index is 16.3. The van der Waals surface area contributed by atoms with Gasteiger partial charge in [0.1, 0.15) is 17.7 Å². The lowest BCUT2D eigenvalue weighted by molar-refractivity contribution is -0.155. The van der Waals surface area contributed by atoms with Crippen LogP contribution in [0.25, 0.3) is 0 Å². The Morgan fingerprint density at radius 3 is 2.54 bits per heavy atom. The van der Waals surface area contributed by atoms with E-state index < -0.39 is 5.67 Å². The zero-order valence-corrected chi connectivity index (χ0v) is 17.7. The first-order chi connectivity index (χ1) is 12.3. The van der Waals surface area contributed by atoms with Crippen LogP contribution in [0.3, 0.4) is 0 Å². The highest BCUT2D eigenvalue weighted by molar-refractivity contribution is 9.09. The van der Waals surface area contributed by atoms with Gasteiger partial charge in [0, 0.05) is 11.3 Å². The molecule has 2 unspecified atom stereocenters. The molecule has 26 heavy (non-hydrogen) atoms. The van der Waals surface area contributed by atoms with Crippen LogP contribution in [0.1, 0.15) is 71.6 Å². The van der Waals surface area contributed by atoms with Gasteiger partial charge in [0.25, 0.3) is 0 Å². The van der Waals surface area contributed by atoms with E-state index in [9.17, 15) is 9.59 Å². The highest BCUT2D eigenvalue weighted by Crippen LogP contribution is 2.67. The van der Waals surface area contributed by atoms with E-state index in [1.165, 1.54) is 0 Å². The number of carbonyl (C=O) groups is 2. The first kappa shape index (κ1) is 19.1. The van der Waals surface area contributed by atoms with Gasteiger partial charge in [-0.05, 0) is 86.9 Å². The van der Waals surface area contributed by atoms with E-state index in [1.807, 2.05) is 6.92 Å². The summed E-state index contributed by atoms with van der Waals surface area (Å²) in [4.78, 5) is 24.0. The number of ketones is 1. The lowest BCUT2D eigenvalue weighted by atomic mass is 9.47. The molecule has 0 aromatic carbocycles. The van der Waals surface area contributed by atoms with Crippen LogP contribution in [-0.2, 0) is 9.59 Å². The molecule has 4 rings (SSSR count). The Hall–Kier alpha value is -0.250. The number of hydrogen-bond acceptors (Lipinski definition) is 2. The second kappa shape index (κ2) is 6.39. The van der Waals surface area contributed by atoms with Gasteiger partial charge >= 0.3 is 0 Å². The average molecular weight is 427 g/mol. The van der Waals surface area contributed by atoms with Crippen LogP contribution in [0.4, 0.5) is 4.39 Å². The number of aldehydes is 1. The first-order valence-electron chi connectivity index (χ1n) is 10.5. The van der Waals surface area contributed by atoms with Gasteiger partial charge in [0.15, 0.2) is 0 Å². The van der Waals surface area contributed by atoms with E-state index in [1.54, 1.807) is 0 Å². The number of carbonyl (C=O) groups excluding carboxylic acids is 2. The Kier molecular flexibility index (Phi) is 4.69. The van der Waals surface area contributed by atoms with Crippen LogP contribution in [-0.4, -0.2) is 23.1 Å². The summed E-state index contributed by atoms with van der Waals surface area (Å²) in [6.07, 6.45) is 9.05. The van der Waals surface area contributed by atoms with Crippen LogP contribution < -0.4 is 0 Å². The maximum Gasteiger partial charge on any atom is 0.147 e. The molecule has 0 N–H and O–H groups in total. The molecule has 0 aromatic rings. The third-order valence-corrected chi connectivity index (χ3v) is 9.73. The van der Waals surface area contributed by atoms with Crippen LogP contribution in [0.2, 0.25) is 0 Å². The number of rotatable bonds is 3. The summed E-state index contributed by atoms with van der Waals surface area (Å²) in [5.74, 6) is 1.64. The van der Waals surface area contributed by atoms with Crippen LogP contribution in [0, 0.1) is 40.4 Å². The Morgan fingerprint density at radius 2 is 1.85 bits per heavy atom. The molecular weight excluding hydrogens is 395 g/mol. The van der Waals surface area contributed by atoms with Gasteiger partial charge in [-0.15, -0.1) is 0 Å². The topological polar surface area (TPSA) is 34.1 Å². The van der Waals surface area contributed by atoms with Crippen LogP contribution >= 0.6 is 15.9 Å². The monoisotopic (exact) mass is 426 g/mol. The fraction of sp³-hybridized carbons (Fsp3) is 0.909. The standard InChI is InChI=1S/C22H32BrFO2/c1-20(13-25)9-10-22(24)14(11-20)3-4-15-16-5-6-18(19(26)12-23)21(16,2)8-7-17(15)22/h13-18H,3-12H2,1-2H3/t14-,15+,16?,17?,18-,20-,21+,22-/m1/s1. The average Bonchev–Trinajstić information content (AvgIpc) is 2.99. The zero-order valence-electron chi connectivity index (χ0n) is 16.1. The SMILES string of the molecule is C[C@@]1(C=O)CC[C@]2(F)C3CC[C@@]4(C)C(CC[C@@H]4C(=O)CBr)[C@@H]3CC[C@@H]2C1. The molecule has 8 atom stereocenters. The Labute approximate surface area is 165 Å². The quantitative estimate of drug-likeness (QED) is 0.439. The Morgan fingerprint density at radius 1 is 1.08 bits per heavy atom. The summed E-state index contributed by atoms with van der Waals surface area (Å²) in [7, 11) is 0. The maximum absolute atomic E-state index is 16.3. The number of Topliss-reactive ketones (excluding diaryl/α,β-unsaturated/α-hetero) is 1. The van der Waals surface area contributed by atoms with Crippen molar-refractivity contribution in [2.24, 2.45) is 40.4 Å². The van der Waals surface area contributed by atoms with E-state index in [0.717, 1.165) is 51.2 Å². The molecule has 0 bridgehead atoms. The van der Waals surface area contributed by atoms with Crippen molar-refractivity contribution in [3.63, 3.8) is 0 Å². The van der Waals surface area contributed by atoms with E-state index in [-0.39, 0.29) is 28.6 Å². The lowest BCUT2D eigenvalue weighted by Gasteiger charge is -2.59. The van der Waals surface area contributed by atoms with Gasteiger partial charge in [-0.25, -0.2) is 4.39 Å². The summed E-state index contributed by atoms with van der Waals surface area (Å²) < 4.78 is 16.3. The largest absolute Gasteiger partial charge is 0.303 e. The second-order valence-electron chi connectivity index (χ2n) is 10.3.